The van der Waals surface area contributed by atoms with Gasteiger partial charge in [0.2, 0.25) is 0 Å². The first-order chi connectivity index (χ1) is 10.0. The lowest BCUT2D eigenvalue weighted by molar-refractivity contribution is 0.0600. The molecule has 1 N–H and O–H groups in total. The molecular formula is C17H18ClNO2. The van der Waals surface area contributed by atoms with Crippen LogP contribution in [0.15, 0.2) is 42.5 Å². The monoisotopic (exact) mass is 303 g/mol. The normalized spacial score (nSPS) is 11.8. The highest BCUT2D eigenvalue weighted by atomic mass is 35.5. The van der Waals surface area contributed by atoms with Crippen LogP contribution in [0.2, 0.25) is 5.02 Å². The summed E-state index contributed by atoms with van der Waals surface area (Å²) in [7, 11) is 1.38. The Hall–Kier alpha value is -2.00. The standard InChI is InChI=1S/C17H18ClNO2/c1-11-10-13(17(20)21-3)8-9-16(11)19-12(2)14-6-4-5-7-15(14)18/h4-10,12,19H,1-3H3. The topological polar surface area (TPSA) is 38.3 Å². The van der Waals surface area contributed by atoms with Crippen molar-refractivity contribution in [3.05, 3.63) is 64.2 Å². The number of aryl methyl sites for hydroxylation is 1. The van der Waals surface area contributed by atoms with Crippen LogP contribution in [-0.4, -0.2) is 13.1 Å². The van der Waals surface area contributed by atoms with Gasteiger partial charge in [-0.1, -0.05) is 29.8 Å². The maximum Gasteiger partial charge on any atom is 0.337 e. The van der Waals surface area contributed by atoms with Crippen molar-refractivity contribution in [2.24, 2.45) is 0 Å². The fourth-order valence-corrected chi connectivity index (χ4v) is 2.51. The number of carbonyl (C=O) groups excluding carboxylic acids is 1. The molecule has 3 nitrogen and oxygen atoms in total. The molecule has 0 fully saturated rings. The third-order valence-electron chi connectivity index (χ3n) is 3.39. The van der Waals surface area contributed by atoms with Crippen LogP contribution in [0.25, 0.3) is 0 Å². The fourth-order valence-electron chi connectivity index (χ4n) is 2.21. The highest BCUT2D eigenvalue weighted by molar-refractivity contribution is 6.31. The number of benzene rings is 2. The Kier molecular flexibility index (Phi) is 4.86. The molecule has 4 heteroatoms. The number of halogens is 1. The predicted octanol–water partition coefficient (Wildman–Crippen LogP) is 4.61. The summed E-state index contributed by atoms with van der Waals surface area (Å²) in [4.78, 5) is 11.5. The number of anilines is 1. The van der Waals surface area contributed by atoms with Gasteiger partial charge >= 0.3 is 5.97 Å². The largest absolute Gasteiger partial charge is 0.465 e. The summed E-state index contributed by atoms with van der Waals surface area (Å²) in [5.74, 6) is -0.330. The summed E-state index contributed by atoms with van der Waals surface area (Å²) < 4.78 is 4.72. The highest BCUT2D eigenvalue weighted by Gasteiger charge is 2.12. The van der Waals surface area contributed by atoms with Crippen LogP contribution in [-0.2, 0) is 4.74 Å². The molecule has 110 valence electrons. The van der Waals surface area contributed by atoms with E-state index in [1.54, 1.807) is 6.07 Å². The van der Waals surface area contributed by atoms with Gasteiger partial charge in [-0.05, 0) is 49.2 Å². The SMILES string of the molecule is COC(=O)c1ccc(NC(C)c2ccccc2Cl)c(C)c1. The number of carbonyl (C=O) groups is 1. The molecule has 2 aromatic rings. The molecule has 0 heterocycles. The number of hydrogen-bond donors (Lipinski definition) is 1. The third-order valence-corrected chi connectivity index (χ3v) is 3.74. The van der Waals surface area contributed by atoms with Crippen LogP contribution >= 0.6 is 11.6 Å². The maximum atomic E-state index is 11.5. The van der Waals surface area contributed by atoms with Gasteiger partial charge in [-0.15, -0.1) is 0 Å². The molecule has 1 atom stereocenters. The van der Waals surface area contributed by atoms with Gasteiger partial charge < -0.3 is 10.1 Å². The molecule has 0 bridgehead atoms. The van der Waals surface area contributed by atoms with Crippen molar-refractivity contribution in [2.75, 3.05) is 12.4 Å². The molecular weight excluding hydrogens is 286 g/mol. The highest BCUT2D eigenvalue weighted by Crippen LogP contribution is 2.27. The Morgan fingerprint density at radius 3 is 2.57 bits per heavy atom. The number of methoxy groups -OCH3 is 1. The van der Waals surface area contributed by atoms with Crippen LogP contribution in [0.5, 0.6) is 0 Å². The maximum absolute atomic E-state index is 11.5. The third kappa shape index (κ3) is 3.56. The van der Waals surface area contributed by atoms with Gasteiger partial charge in [0.05, 0.1) is 12.7 Å². The van der Waals surface area contributed by atoms with Crippen LogP contribution in [0.1, 0.15) is 34.5 Å². The van der Waals surface area contributed by atoms with E-state index in [1.807, 2.05) is 43.3 Å². The fraction of sp³-hybridized carbons (Fsp3) is 0.235. The van der Waals surface area contributed by atoms with Crippen LogP contribution in [0, 0.1) is 6.92 Å². The summed E-state index contributed by atoms with van der Waals surface area (Å²) >= 11 is 6.21. The van der Waals surface area contributed by atoms with E-state index < -0.39 is 0 Å². The molecule has 0 aliphatic carbocycles. The summed E-state index contributed by atoms with van der Waals surface area (Å²) in [5.41, 5.74) is 3.54. The van der Waals surface area contributed by atoms with Gasteiger partial charge in [0.1, 0.15) is 0 Å². The zero-order valence-electron chi connectivity index (χ0n) is 12.3. The first kappa shape index (κ1) is 15.4. The van der Waals surface area contributed by atoms with E-state index in [0.717, 1.165) is 21.8 Å². The van der Waals surface area contributed by atoms with Gasteiger partial charge in [-0.2, -0.15) is 0 Å². The van der Waals surface area contributed by atoms with E-state index >= 15 is 0 Å². The van der Waals surface area contributed by atoms with E-state index in [1.165, 1.54) is 7.11 Å². The van der Waals surface area contributed by atoms with Gasteiger partial charge in [-0.3, -0.25) is 0 Å². The van der Waals surface area contributed by atoms with Crippen LogP contribution in [0.3, 0.4) is 0 Å². The Morgan fingerprint density at radius 2 is 1.95 bits per heavy atom. The summed E-state index contributed by atoms with van der Waals surface area (Å²) in [6.07, 6.45) is 0. The molecule has 21 heavy (non-hydrogen) atoms. The van der Waals surface area contributed by atoms with E-state index in [-0.39, 0.29) is 12.0 Å². The molecule has 1 unspecified atom stereocenters. The molecule has 0 saturated carbocycles. The second kappa shape index (κ2) is 6.64. The van der Waals surface area contributed by atoms with Crippen molar-refractivity contribution in [1.29, 1.82) is 0 Å². The first-order valence-electron chi connectivity index (χ1n) is 6.73. The Labute approximate surface area is 129 Å². The molecule has 2 rings (SSSR count). The van der Waals surface area contributed by atoms with E-state index in [9.17, 15) is 4.79 Å². The minimum absolute atomic E-state index is 0.0707. The molecule has 2 aromatic carbocycles. The van der Waals surface area contributed by atoms with Gasteiger partial charge in [0, 0.05) is 16.8 Å². The van der Waals surface area contributed by atoms with E-state index in [4.69, 9.17) is 16.3 Å². The number of nitrogens with one attached hydrogen (secondary N) is 1. The second-order valence-electron chi connectivity index (χ2n) is 4.91. The zero-order chi connectivity index (χ0) is 15.4. The predicted molar refractivity (Wildman–Crippen MR) is 86.0 cm³/mol. The van der Waals surface area contributed by atoms with E-state index in [2.05, 4.69) is 12.2 Å². The molecule has 0 saturated heterocycles. The van der Waals surface area contributed by atoms with Crippen molar-refractivity contribution in [1.82, 2.24) is 0 Å². The van der Waals surface area contributed by atoms with Gasteiger partial charge in [-0.25, -0.2) is 4.79 Å². The minimum atomic E-state index is -0.330. The quantitative estimate of drug-likeness (QED) is 0.838. The second-order valence-corrected chi connectivity index (χ2v) is 5.32. The molecule has 0 aliphatic rings. The number of esters is 1. The lowest BCUT2D eigenvalue weighted by Crippen LogP contribution is -2.09. The Balaban J connectivity index is 2.20. The van der Waals surface area contributed by atoms with Crippen molar-refractivity contribution >= 4 is 23.3 Å². The lowest BCUT2D eigenvalue weighted by atomic mass is 10.1. The van der Waals surface area contributed by atoms with Crippen LogP contribution < -0.4 is 5.32 Å². The molecule has 0 aliphatic heterocycles. The minimum Gasteiger partial charge on any atom is -0.465 e. The average Bonchev–Trinajstić information content (AvgIpc) is 2.48. The van der Waals surface area contributed by atoms with Crippen molar-refractivity contribution in [3.63, 3.8) is 0 Å². The molecule has 0 aromatic heterocycles. The van der Waals surface area contributed by atoms with Crippen molar-refractivity contribution < 1.29 is 9.53 Å². The Morgan fingerprint density at radius 1 is 1.24 bits per heavy atom. The smallest absolute Gasteiger partial charge is 0.337 e. The zero-order valence-corrected chi connectivity index (χ0v) is 13.1. The summed E-state index contributed by atoms with van der Waals surface area (Å²) in [6.45, 7) is 4.00. The molecule has 0 amide bonds. The summed E-state index contributed by atoms with van der Waals surface area (Å²) in [5, 5.41) is 4.15. The summed E-state index contributed by atoms with van der Waals surface area (Å²) in [6, 6.07) is 13.3. The van der Waals surface area contributed by atoms with Crippen LogP contribution in [0.4, 0.5) is 5.69 Å². The first-order valence-corrected chi connectivity index (χ1v) is 7.10. The van der Waals surface area contributed by atoms with Crippen molar-refractivity contribution in [3.8, 4) is 0 Å². The number of hydrogen-bond acceptors (Lipinski definition) is 3. The number of ether oxygens (including phenoxy) is 1. The molecule has 0 radical (unpaired) electrons. The molecule has 0 spiro atoms. The number of rotatable bonds is 4. The average molecular weight is 304 g/mol. The van der Waals surface area contributed by atoms with Gasteiger partial charge in [0.25, 0.3) is 0 Å². The van der Waals surface area contributed by atoms with Gasteiger partial charge in [0.15, 0.2) is 0 Å². The Bertz CT molecular complexity index is 655. The van der Waals surface area contributed by atoms with Crippen molar-refractivity contribution in [2.45, 2.75) is 19.9 Å². The lowest BCUT2D eigenvalue weighted by Gasteiger charge is -2.19. The van der Waals surface area contributed by atoms with E-state index in [0.29, 0.717) is 5.56 Å².